The molecule has 12 heteroatoms. The predicted molar refractivity (Wildman–Crippen MR) is 117 cm³/mol. The normalized spacial score (nSPS) is 26.4. The summed E-state index contributed by atoms with van der Waals surface area (Å²) in [5, 5.41) is 2.41. The summed E-state index contributed by atoms with van der Waals surface area (Å²) in [5.41, 5.74) is 2.16. The number of hydrogen-bond acceptors (Lipinski definition) is 5. The molecule has 4 rings (SSSR count). The zero-order valence-corrected chi connectivity index (χ0v) is 19.4. The molecule has 0 spiro atoms. The highest BCUT2D eigenvalue weighted by atomic mass is 19.4. The Bertz CT molecular complexity index is 1190. The van der Waals surface area contributed by atoms with Gasteiger partial charge in [-0.2, -0.15) is 17.6 Å². The van der Waals surface area contributed by atoms with Crippen LogP contribution in [0.2, 0.25) is 0 Å². The van der Waals surface area contributed by atoms with Gasteiger partial charge in [0.05, 0.1) is 6.10 Å². The van der Waals surface area contributed by atoms with Crippen LogP contribution in [0, 0.1) is 17.6 Å². The van der Waals surface area contributed by atoms with Crippen molar-refractivity contribution in [2.24, 2.45) is 11.7 Å². The Balaban J connectivity index is 1.76. The van der Waals surface area contributed by atoms with Gasteiger partial charge in [-0.15, -0.1) is 0 Å². The minimum atomic E-state index is -4.89. The highest BCUT2D eigenvalue weighted by Crippen LogP contribution is 2.55. The summed E-state index contributed by atoms with van der Waals surface area (Å²) >= 11 is 0. The number of nitrogens with zero attached hydrogens (tertiary/aromatic N) is 1. The fraction of sp³-hybridized carbons (Fsp3) is 0.458. The molecule has 3 N–H and O–H groups in total. The highest BCUT2D eigenvalue weighted by molar-refractivity contribution is 5.97. The Morgan fingerprint density at radius 2 is 1.92 bits per heavy atom. The van der Waals surface area contributed by atoms with Crippen LogP contribution in [0.4, 0.5) is 27.6 Å². The maximum atomic E-state index is 14.9. The number of nitrogens with one attached hydrogen (secondary N) is 1. The highest BCUT2D eigenvalue weighted by Gasteiger charge is 2.66. The van der Waals surface area contributed by atoms with Crippen LogP contribution in [-0.2, 0) is 9.53 Å². The molecule has 2 heterocycles. The molecule has 1 aliphatic carbocycles. The molecule has 1 aromatic heterocycles. The van der Waals surface area contributed by atoms with E-state index in [2.05, 4.69) is 10.3 Å². The van der Waals surface area contributed by atoms with E-state index in [4.69, 9.17) is 15.2 Å². The molecule has 2 aromatic rings. The largest absolute Gasteiger partial charge is 0.487 e. The molecule has 0 unspecified atom stereocenters. The molecule has 1 aliphatic heterocycles. The van der Waals surface area contributed by atoms with Gasteiger partial charge in [0.25, 0.3) is 11.8 Å². The van der Waals surface area contributed by atoms with Crippen LogP contribution in [-0.4, -0.2) is 40.8 Å². The van der Waals surface area contributed by atoms with Crippen molar-refractivity contribution < 1.29 is 41.0 Å². The lowest BCUT2D eigenvalue weighted by molar-refractivity contribution is -0.272. The first-order valence-electron chi connectivity index (χ1n) is 11.3. The number of amides is 2. The van der Waals surface area contributed by atoms with Gasteiger partial charge in [0, 0.05) is 29.3 Å². The van der Waals surface area contributed by atoms with Gasteiger partial charge in [-0.1, -0.05) is 13.0 Å². The molecule has 1 saturated carbocycles. The van der Waals surface area contributed by atoms with Crippen LogP contribution >= 0.6 is 0 Å². The number of benzene rings is 1. The number of ether oxygens (including phenoxy) is 2. The third-order valence-electron chi connectivity index (χ3n) is 6.98. The summed E-state index contributed by atoms with van der Waals surface area (Å²) in [7, 11) is 0. The molecule has 7 nitrogen and oxygen atoms in total. The van der Waals surface area contributed by atoms with Gasteiger partial charge in [0.1, 0.15) is 11.8 Å². The molecule has 194 valence electrons. The van der Waals surface area contributed by atoms with Crippen molar-refractivity contribution in [2.75, 3.05) is 5.32 Å². The lowest BCUT2D eigenvalue weighted by Crippen LogP contribution is -2.47. The van der Waals surface area contributed by atoms with Gasteiger partial charge in [-0.25, -0.2) is 4.39 Å². The molecule has 36 heavy (non-hydrogen) atoms. The van der Waals surface area contributed by atoms with Gasteiger partial charge in [0.2, 0.25) is 5.82 Å². The molecule has 0 bridgehead atoms. The average Bonchev–Trinajstić information content (AvgIpc) is 3.05. The third-order valence-corrected chi connectivity index (χ3v) is 6.98. The summed E-state index contributed by atoms with van der Waals surface area (Å²) in [6.45, 7) is 2.04. The van der Waals surface area contributed by atoms with Gasteiger partial charge in [-0.3, -0.25) is 14.6 Å². The number of carbonyl (C=O) groups is 2. The number of rotatable bonds is 6. The molecule has 2 aliphatic rings. The van der Waals surface area contributed by atoms with E-state index in [1.165, 1.54) is 19.2 Å². The lowest BCUT2D eigenvalue weighted by atomic mass is 9.76. The molecular formula is C24H24F5N3O4. The number of anilines is 1. The topological polar surface area (TPSA) is 104 Å². The van der Waals surface area contributed by atoms with E-state index in [0.29, 0.717) is 12.8 Å². The molecular weight excluding hydrogens is 489 g/mol. The molecule has 4 atom stereocenters. The van der Waals surface area contributed by atoms with E-state index < -0.39 is 65.0 Å². The Morgan fingerprint density at radius 3 is 2.50 bits per heavy atom. The monoisotopic (exact) mass is 513 g/mol. The van der Waals surface area contributed by atoms with Crippen LogP contribution in [0.3, 0.4) is 0 Å². The maximum Gasteiger partial charge on any atom is 0.417 e. The average molecular weight is 513 g/mol. The second-order valence-electron chi connectivity index (χ2n) is 9.19. The second kappa shape index (κ2) is 9.30. The summed E-state index contributed by atoms with van der Waals surface area (Å²) in [6, 6.07) is 4.37. The van der Waals surface area contributed by atoms with Crippen LogP contribution in [0.1, 0.15) is 55.1 Å². The molecule has 2 amide bonds. The number of halogens is 5. The first-order chi connectivity index (χ1) is 16.8. The SMILES string of the molecule is C[C@H]1[C@H](c2ccc(F)c(F)c2OC2CCC2)[C@H](C(=O)Nc2ccnc(C(N)=O)c2)O[C@@]1(C)C(F)(F)F. The minimum Gasteiger partial charge on any atom is -0.487 e. The third kappa shape index (κ3) is 4.49. The van der Waals surface area contributed by atoms with Crippen LogP contribution in [0.5, 0.6) is 5.75 Å². The van der Waals surface area contributed by atoms with Crippen LogP contribution in [0.15, 0.2) is 30.5 Å². The zero-order valence-electron chi connectivity index (χ0n) is 19.4. The predicted octanol–water partition coefficient (Wildman–Crippen LogP) is 4.47. The van der Waals surface area contributed by atoms with Gasteiger partial charge >= 0.3 is 6.18 Å². The van der Waals surface area contributed by atoms with Gasteiger partial charge in [0.15, 0.2) is 17.2 Å². The second-order valence-corrected chi connectivity index (χ2v) is 9.19. The Hall–Kier alpha value is -3.28. The van der Waals surface area contributed by atoms with E-state index >= 15 is 0 Å². The van der Waals surface area contributed by atoms with E-state index in [1.807, 2.05) is 0 Å². The standard InChI is InChI=1S/C24H24F5N3O4/c1-11-17(14-6-7-15(25)18(26)19(14)35-13-4-3-5-13)20(36-23(11,2)24(27,28)29)22(34)32-12-8-9-31-16(10-12)21(30)33/h6-11,13,17,20H,3-5H2,1-2H3,(H2,30,33)(H,31,32,34)/t11-,17+,20+,23+/m0/s1. The van der Waals surface area contributed by atoms with Crippen molar-refractivity contribution in [1.29, 1.82) is 0 Å². The number of aromatic nitrogens is 1. The first kappa shape index (κ1) is 25.8. The summed E-state index contributed by atoms with van der Waals surface area (Å²) in [4.78, 5) is 28.4. The summed E-state index contributed by atoms with van der Waals surface area (Å²) in [5.74, 6) is -7.69. The molecule has 2 fully saturated rings. The zero-order chi connectivity index (χ0) is 26.4. The first-order valence-corrected chi connectivity index (χ1v) is 11.3. The number of nitrogens with two attached hydrogens (primary N) is 1. The smallest absolute Gasteiger partial charge is 0.417 e. The fourth-order valence-electron chi connectivity index (χ4n) is 4.46. The molecule has 0 radical (unpaired) electrons. The van der Waals surface area contributed by atoms with Gasteiger partial charge < -0.3 is 20.5 Å². The van der Waals surface area contributed by atoms with Crippen LogP contribution < -0.4 is 15.8 Å². The Kier molecular flexibility index (Phi) is 6.67. The van der Waals surface area contributed by atoms with E-state index in [9.17, 15) is 31.5 Å². The van der Waals surface area contributed by atoms with Crippen molar-refractivity contribution in [2.45, 2.75) is 63.0 Å². The quantitative estimate of drug-likeness (QED) is 0.555. The van der Waals surface area contributed by atoms with Crippen molar-refractivity contribution in [3.8, 4) is 5.75 Å². The van der Waals surface area contributed by atoms with Crippen molar-refractivity contribution in [1.82, 2.24) is 4.98 Å². The van der Waals surface area contributed by atoms with Crippen LogP contribution in [0.25, 0.3) is 0 Å². The molecule has 1 aromatic carbocycles. The number of hydrogen-bond donors (Lipinski definition) is 2. The number of alkyl halides is 3. The summed E-state index contributed by atoms with van der Waals surface area (Å²) in [6.07, 6.45) is -3.89. The van der Waals surface area contributed by atoms with Crippen molar-refractivity contribution in [3.63, 3.8) is 0 Å². The Morgan fingerprint density at radius 1 is 1.22 bits per heavy atom. The fourth-order valence-corrected chi connectivity index (χ4v) is 4.46. The summed E-state index contributed by atoms with van der Waals surface area (Å²) < 4.78 is 82.4. The van der Waals surface area contributed by atoms with Crippen molar-refractivity contribution in [3.05, 3.63) is 53.4 Å². The van der Waals surface area contributed by atoms with Gasteiger partial charge in [-0.05, 0) is 44.4 Å². The van der Waals surface area contributed by atoms with E-state index in [1.54, 1.807) is 0 Å². The maximum absolute atomic E-state index is 14.9. The Labute approximate surface area is 203 Å². The van der Waals surface area contributed by atoms with Crippen molar-refractivity contribution >= 4 is 17.5 Å². The number of primary amides is 1. The molecule has 1 saturated heterocycles. The lowest BCUT2D eigenvalue weighted by Gasteiger charge is -2.32. The number of pyridine rings is 1. The van der Waals surface area contributed by atoms with E-state index in [0.717, 1.165) is 31.5 Å². The minimum absolute atomic E-state index is 0.0376. The number of carbonyl (C=O) groups excluding carboxylic acids is 2. The van der Waals surface area contributed by atoms with E-state index in [-0.39, 0.29) is 16.9 Å².